The van der Waals surface area contributed by atoms with Crippen LogP contribution in [0.25, 0.3) is 22.6 Å². The van der Waals surface area contributed by atoms with Gasteiger partial charge >= 0.3 is 0 Å². The molecule has 0 aliphatic heterocycles. The molecule has 3 rings (SSSR count). The van der Waals surface area contributed by atoms with Crippen LogP contribution in [-0.4, -0.2) is 15.0 Å². The molecule has 2 aromatic heterocycles. The average molecular weight is 248 g/mol. The van der Waals surface area contributed by atoms with Crippen molar-refractivity contribution >= 4 is 11.0 Å². The third-order valence-electron chi connectivity index (χ3n) is 2.98. The zero-order chi connectivity index (χ0) is 13.1. The highest BCUT2D eigenvalue weighted by Crippen LogP contribution is 2.20. The van der Waals surface area contributed by atoms with Crippen LogP contribution in [0.1, 0.15) is 12.0 Å². The number of hydrogen-bond acceptors (Lipinski definition) is 3. The van der Waals surface area contributed by atoms with Gasteiger partial charge in [-0.25, -0.2) is 4.98 Å². The van der Waals surface area contributed by atoms with Crippen molar-refractivity contribution in [2.45, 2.75) is 12.8 Å². The fraction of sp³-hybridized carbons (Fsp3) is 0.133. The van der Waals surface area contributed by atoms with Crippen LogP contribution in [0.15, 0.2) is 42.6 Å². The lowest BCUT2D eigenvalue weighted by atomic mass is 10.1. The fourth-order valence-electron chi connectivity index (χ4n) is 2.04. The summed E-state index contributed by atoms with van der Waals surface area (Å²) in [6, 6.07) is 13.9. The van der Waals surface area contributed by atoms with Crippen molar-refractivity contribution in [3.05, 3.63) is 48.2 Å². The molecule has 0 amide bonds. The van der Waals surface area contributed by atoms with E-state index in [2.05, 4.69) is 21.0 Å². The Morgan fingerprint density at radius 1 is 1.21 bits per heavy atom. The van der Waals surface area contributed by atoms with Crippen molar-refractivity contribution in [3.63, 3.8) is 0 Å². The molecule has 0 spiro atoms. The first kappa shape index (κ1) is 11.4. The van der Waals surface area contributed by atoms with Crippen molar-refractivity contribution in [2.75, 3.05) is 0 Å². The predicted molar refractivity (Wildman–Crippen MR) is 73.3 cm³/mol. The number of aromatic amines is 1. The molecule has 0 bridgehead atoms. The first-order valence-corrected chi connectivity index (χ1v) is 6.14. The molecule has 0 aliphatic carbocycles. The zero-order valence-corrected chi connectivity index (χ0v) is 10.3. The molecule has 0 fully saturated rings. The number of imidazole rings is 1. The van der Waals surface area contributed by atoms with E-state index >= 15 is 0 Å². The van der Waals surface area contributed by atoms with E-state index in [1.165, 1.54) is 0 Å². The number of nitrogens with zero attached hydrogens (tertiary/aromatic N) is 3. The summed E-state index contributed by atoms with van der Waals surface area (Å²) in [5, 5.41) is 8.62. The maximum atomic E-state index is 8.62. The molecule has 0 saturated carbocycles. The number of nitriles is 1. The van der Waals surface area contributed by atoms with E-state index in [0.717, 1.165) is 34.5 Å². The molecule has 1 N–H and O–H groups in total. The maximum Gasteiger partial charge on any atom is 0.157 e. The number of aromatic nitrogens is 3. The molecule has 4 heteroatoms. The third kappa shape index (κ3) is 2.31. The monoisotopic (exact) mass is 248 g/mol. The Hall–Kier alpha value is -2.67. The quantitative estimate of drug-likeness (QED) is 0.774. The van der Waals surface area contributed by atoms with Crippen LogP contribution in [0, 0.1) is 11.3 Å². The summed E-state index contributed by atoms with van der Waals surface area (Å²) in [4.78, 5) is 12.1. The van der Waals surface area contributed by atoms with E-state index in [1.807, 2.05) is 36.4 Å². The lowest BCUT2D eigenvalue weighted by Crippen LogP contribution is -1.83. The van der Waals surface area contributed by atoms with E-state index in [4.69, 9.17) is 5.26 Å². The minimum Gasteiger partial charge on any atom is -0.337 e. The van der Waals surface area contributed by atoms with Crippen LogP contribution >= 0.6 is 0 Å². The van der Waals surface area contributed by atoms with Crippen LogP contribution in [0.2, 0.25) is 0 Å². The molecule has 1 aromatic carbocycles. The molecule has 92 valence electrons. The van der Waals surface area contributed by atoms with E-state index in [-0.39, 0.29) is 0 Å². The number of hydrogen-bond donors (Lipinski definition) is 1. The van der Waals surface area contributed by atoms with Crippen LogP contribution in [0.5, 0.6) is 0 Å². The summed E-state index contributed by atoms with van der Waals surface area (Å²) in [5.74, 6) is 0.771. The van der Waals surface area contributed by atoms with Gasteiger partial charge in [0.2, 0.25) is 0 Å². The second-order valence-corrected chi connectivity index (χ2v) is 4.31. The maximum absolute atomic E-state index is 8.62. The van der Waals surface area contributed by atoms with Gasteiger partial charge in [0, 0.05) is 12.6 Å². The predicted octanol–water partition coefficient (Wildman–Crippen LogP) is 3.08. The average Bonchev–Trinajstić information content (AvgIpc) is 2.89. The summed E-state index contributed by atoms with van der Waals surface area (Å²) in [5.41, 5.74) is 3.87. The van der Waals surface area contributed by atoms with Gasteiger partial charge in [-0.3, -0.25) is 4.98 Å². The van der Waals surface area contributed by atoms with Gasteiger partial charge in [-0.15, -0.1) is 0 Å². The normalized spacial score (nSPS) is 10.5. The van der Waals surface area contributed by atoms with Gasteiger partial charge < -0.3 is 4.98 Å². The van der Waals surface area contributed by atoms with E-state index in [9.17, 15) is 0 Å². The number of pyridine rings is 1. The molecule has 0 saturated heterocycles. The minimum atomic E-state index is 0.534. The Kier molecular flexibility index (Phi) is 2.95. The van der Waals surface area contributed by atoms with Gasteiger partial charge in [0.1, 0.15) is 5.69 Å². The Balaban J connectivity index is 2.00. The van der Waals surface area contributed by atoms with E-state index in [0.29, 0.717) is 6.42 Å². The van der Waals surface area contributed by atoms with Crippen LogP contribution in [-0.2, 0) is 6.42 Å². The number of aryl methyl sites for hydroxylation is 1. The van der Waals surface area contributed by atoms with Gasteiger partial charge in [-0.1, -0.05) is 12.1 Å². The molecular formula is C15H12N4. The van der Waals surface area contributed by atoms with Gasteiger partial charge in [0.15, 0.2) is 5.82 Å². The second-order valence-electron chi connectivity index (χ2n) is 4.31. The molecular weight excluding hydrogens is 236 g/mol. The highest BCUT2D eigenvalue weighted by Gasteiger charge is 2.06. The van der Waals surface area contributed by atoms with Crippen LogP contribution in [0.4, 0.5) is 0 Å². The topological polar surface area (TPSA) is 65.4 Å². The molecule has 0 unspecified atom stereocenters. The SMILES string of the molecule is N#CCCc1ccc2nc(-c3ccccn3)[nH]c2c1. The molecule has 4 nitrogen and oxygen atoms in total. The first-order valence-electron chi connectivity index (χ1n) is 6.14. The number of benzene rings is 1. The lowest BCUT2D eigenvalue weighted by Gasteiger charge is -1.96. The Morgan fingerprint density at radius 3 is 2.95 bits per heavy atom. The van der Waals surface area contributed by atoms with Crippen molar-refractivity contribution < 1.29 is 0 Å². The highest BCUT2D eigenvalue weighted by molar-refractivity contribution is 5.79. The van der Waals surface area contributed by atoms with Crippen molar-refractivity contribution in [3.8, 4) is 17.6 Å². The van der Waals surface area contributed by atoms with Gasteiger partial charge in [-0.2, -0.15) is 5.26 Å². The van der Waals surface area contributed by atoms with Crippen molar-refractivity contribution in [1.82, 2.24) is 15.0 Å². The third-order valence-corrected chi connectivity index (χ3v) is 2.98. The van der Waals surface area contributed by atoms with Crippen LogP contribution < -0.4 is 0 Å². The fourth-order valence-corrected chi connectivity index (χ4v) is 2.04. The molecule has 0 atom stereocenters. The van der Waals surface area contributed by atoms with Crippen molar-refractivity contribution in [2.24, 2.45) is 0 Å². The summed E-state index contributed by atoms with van der Waals surface area (Å²) >= 11 is 0. The first-order chi connectivity index (χ1) is 9.36. The standard InChI is InChI=1S/C15H12N4/c16-8-3-4-11-6-7-12-14(10-11)19-15(18-12)13-5-1-2-9-17-13/h1-2,5-7,9-10H,3-4H2,(H,18,19). The largest absolute Gasteiger partial charge is 0.337 e. The van der Waals surface area contributed by atoms with E-state index in [1.54, 1.807) is 6.20 Å². The zero-order valence-electron chi connectivity index (χ0n) is 10.3. The smallest absolute Gasteiger partial charge is 0.157 e. The molecule has 0 radical (unpaired) electrons. The van der Waals surface area contributed by atoms with Gasteiger partial charge in [0.05, 0.1) is 17.1 Å². The molecule has 3 aromatic rings. The summed E-state index contributed by atoms with van der Waals surface area (Å²) in [6.07, 6.45) is 3.05. The Morgan fingerprint density at radius 2 is 2.16 bits per heavy atom. The molecule has 2 heterocycles. The summed E-state index contributed by atoms with van der Waals surface area (Å²) < 4.78 is 0. The molecule has 19 heavy (non-hydrogen) atoms. The van der Waals surface area contributed by atoms with E-state index < -0.39 is 0 Å². The number of nitrogens with one attached hydrogen (secondary N) is 1. The molecule has 0 aliphatic rings. The van der Waals surface area contributed by atoms with Crippen LogP contribution in [0.3, 0.4) is 0 Å². The summed E-state index contributed by atoms with van der Waals surface area (Å²) in [7, 11) is 0. The lowest BCUT2D eigenvalue weighted by molar-refractivity contribution is 1.01. The van der Waals surface area contributed by atoms with Gasteiger partial charge in [-0.05, 0) is 36.2 Å². The summed E-state index contributed by atoms with van der Waals surface area (Å²) in [6.45, 7) is 0. The minimum absolute atomic E-state index is 0.534. The Bertz CT molecular complexity index is 738. The Labute approximate surface area is 110 Å². The van der Waals surface area contributed by atoms with Gasteiger partial charge in [0.25, 0.3) is 0 Å². The number of H-pyrrole nitrogens is 1. The number of fused-ring (bicyclic) bond motifs is 1. The number of rotatable bonds is 3. The second kappa shape index (κ2) is 4.91. The van der Waals surface area contributed by atoms with Crippen molar-refractivity contribution in [1.29, 1.82) is 5.26 Å². The highest BCUT2D eigenvalue weighted by atomic mass is 14.9.